The minimum Gasteiger partial charge on any atom is -0.444 e. The summed E-state index contributed by atoms with van der Waals surface area (Å²) in [6.07, 6.45) is -11.6. The summed E-state index contributed by atoms with van der Waals surface area (Å²) >= 11 is 6.38. The molecule has 212 valence electrons. The molecule has 3 aromatic rings. The number of nitrogens with zero attached hydrogens (tertiary/aromatic N) is 1. The molecular formula is C27H27ClF6N2O3. The van der Waals surface area contributed by atoms with Crippen molar-refractivity contribution >= 4 is 34.4 Å². The zero-order valence-electron chi connectivity index (χ0n) is 21.6. The molecule has 39 heavy (non-hydrogen) atoms. The van der Waals surface area contributed by atoms with Gasteiger partial charge in [0.2, 0.25) is 0 Å². The van der Waals surface area contributed by atoms with E-state index in [1.165, 1.54) is 16.7 Å². The Balaban J connectivity index is 1.93. The van der Waals surface area contributed by atoms with Gasteiger partial charge in [-0.05, 0) is 63.1 Å². The monoisotopic (exact) mass is 576 g/mol. The molecule has 0 aliphatic rings. The van der Waals surface area contributed by atoms with Crippen molar-refractivity contribution in [2.45, 2.75) is 71.1 Å². The molecule has 5 nitrogen and oxygen atoms in total. The molecule has 0 saturated carbocycles. The lowest BCUT2D eigenvalue weighted by molar-refractivity contribution is -0.150. The molecule has 1 aromatic heterocycles. The van der Waals surface area contributed by atoms with E-state index in [0.29, 0.717) is 28.6 Å². The molecule has 0 saturated heterocycles. The largest absolute Gasteiger partial charge is 0.444 e. The predicted octanol–water partition coefficient (Wildman–Crippen LogP) is 8.28. The molecular weight excluding hydrogens is 550 g/mol. The van der Waals surface area contributed by atoms with Crippen LogP contribution in [0.2, 0.25) is 5.02 Å². The lowest BCUT2D eigenvalue weighted by Crippen LogP contribution is -2.32. The maximum absolute atomic E-state index is 14.0. The van der Waals surface area contributed by atoms with Crippen LogP contribution in [0.25, 0.3) is 10.9 Å². The third-order valence-corrected chi connectivity index (χ3v) is 6.25. The fourth-order valence-corrected chi connectivity index (χ4v) is 4.39. The molecule has 0 aliphatic heterocycles. The van der Waals surface area contributed by atoms with Gasteiger partial charge in [-0.1, -0.05) is 29.8 Å². The number of hydrogen-bond acceptors (Lipinski definition) is 3. The van der Waals surface area contributed by atoms with E-state index in [1.807, 2.05) is 0 Å². The maximum atomic E-state index is 14.0. The second-order valence-electron chi connectivity index (χ2n) is 9.98. The summed E-state index contributed by atoms with van der Waals surface area (Å²) in [5.74, 6) is -3.33. The fraction of sp³-hybridized carbons (Fsp3) is 0.407. The third-order valence-electron chi connectivity index (χ3n) is 5.89. The summed E-state index contributed by atoms with van der Waals surface area (Å²) in [5.41, 5.74) is -1.67. The molecule has 1 atom stereocenters. The van der Waals surface area contributed by atoms with Crippen LogP contribution in [0.5, 0.6) is 0 Å². The first kappa shape index (κ1) is 30.3. The summed E-state index contributed by atoms with van der Waals surface area (Å²) in [6.45, 7) is 7.01. The van der Waals surface area contributed by atoms with Crippen molar-refractivity contribution in [3.63, 3.8) is 0 Å². The predicted molar refractivity (Wildman–Crippen MR) is 135 cm³/mol. The van der Waals surface area contributed by atoms with Gasteiger partial charge in [0, 0.05) is 29.9 Å². The number of rotatable bonds is 7. The first-order valence-corrected chi connectivity index (χ1v) is 12.3. The normalized spacial score (nSPS) is 13.4. The van der Waals surface area contributed by atoms with Crippen LogP contribution in [-0.4, -0.2) is 28.2 Å². The van der Waals surface area contributed by atoms with E-state index >= 15 is 0 Å². The lowest BCUT2D eigenvalue weighted by Gasteiger charge is -2.21. The molecule has 1 amide bonds. The number of carbonyl (C=O) groups excluding carboxylic acids is 2. The van der Waals surface area contributed by atoms with Gasteiger partial charge in [0.1, 0.15) is 5.60 Å². The smallest absolute Gasteiger partial charge is 0.416 e. The Morgan fingerprint density at radius 3 is 2.26 bits per heavy atom. The van der Waals surface area contributed by atoms with Gasteiger partial charge in [0.05, 0.1) is 22.7 Å². The Morgan fingerprint density at radius 2 is 1.69 bits per heavy atom. The fourth-order valence-electron chi connectivity index (χ4n) is 4.16. The molecule has 0 fully saturated rings. The quantitative estimate of drug-likeness (QED) is 0.227. The molecule has 0 spiro atoms. The summed E-state index contributed by atoms with van der Waals surface area (Å²) in [7, 11) is 0. The Bertz CT molecular complexity index is 1370. The highest BCUT2D eigenvalue weighted by Crippen LogP contribution is 2.41. The molecule has 1 heterocycles. The molecule has 0 aliphatic carbocycles. The van der Waals surface area contributed by atoms with Gasteiger partial charge in [-0.2, -0.15) is 26.3 Å². The minimum atomic E-state index is -4.97. The van der Waals surface area contributed by atoms with Crippen LogP contribution in [0.15, 0.2) is 42.5 Å². The van der Waals surface area contributed by atoms with Gasteiger partial charge < -0.3 is 14.6 Å². The second kappa shape index (κ2) is 11.1. The van der Waals surface area contributed by atoms with Crippen molar-refractivity contribution in [1.82, 2.24) is 9.88 Å². The van der Waals surface area contributed by atoms with E-state index in [1.54, 1.807) is 33.8 Å². The topological polar surface area (TPSA) is 60.3 Å². The number of amides is 1. The van der Waals surface area contributed by atoms with E-state index in [4.69, 9.17) is 16.3 Å². The SMILES string of the molecule is CCn1c(C(=O)CC(c2cccc(C(F)(F)F)c2)C(F)(F)F)cc2cc(CNC(=O)OC(C)(C)C)c(Cl)cc21. The molecule has 2 aromatic carbocycles. The molecule has 1 unspecified atom stereocenters. The number of carbonyl (C=O) groups is 2. The number of aryl methyl sites for hydroxylation is 1. The second-order valence-corrected chi connectivity index (χ2v) is 10.4. The van der Waals surface area contributed by atoms with Crippen molar-refractivity contribution in [3.05, 3.63) is 69.9 Å². The van der Waals surface area contributed by atoms with Gasteiger partial charge in [-0.15, -0.1) is 0 Å². The number of ether oxygens (including phenoxy) is 1. The highest BCUT2D eigenvalue weighted by atomic mass is 35.5. The Kier molecular flexibility index (Phi) is 8.64. The molecule has 1 N–H and O–H groups in total. The van der Waals surface area contributed by atoms with Crippen LogP contribution in [0.1, 0.15) is 67.2 Å². The van der Waals surface area contributed by atoms with Crippen molar-refractivity contribution in [2.24, 2.45) is 0 Å². The van der Waals surface area contributed by atoms with Crippen molar-refractivity contribution in [3.8, 4) is 0 Å². The minimum absolute atomic E-state index is 0.00400. The number of aromatic nitrogens is 1. The standard InChI is InChI=1S/C27H27ClF6N2O3/c1-5-36-21-13-20(28)17(14-35-24(38)39-25(2,3)4)9-16(21)11-22(36)23(37)12-19(27(32,33)34)15-7-6-8-18(10-15)26(29,30)31/h6-11,13,19H,5,12,14H2,1-4H3,(H,35,38). The number of fused-ring (bicyclic) bond motifs is 1. The van der Waals surface area contributed by atoms with Crippen molar-refractivity contribution < 1.29 is 40.7 Å². The van der Waals surface area contributed by atoms with Crippen LogP contribution < -0.4 is 5.32 Å². The Labute approximate surface area is 226 Å². The van der Waals surface area contributed by atoms with Crippen LogP contribution in [-0.2, 0) is 24.0 Å². The van der Waals surface area contributed by atoms with Crippen LogP contribution >= 0.6 is 11.6 Å². The summed E-state index contributed by atoms with van der Waals surface area (Å²) in [5, 5.41) is 3.32. The number of hydrogen-bond donors (Lipinski definition) is 1. The average molecular weight is 577 g/mol. The van der Waals surface area contributed by atoms with E-state index in [0.717, 1.165) is 12.1 Å². The third kappa shape index (κ3) is 7.46. The first-order chi connectivity index (χ1) is 17.9. The Morgan fingerprint density at radius 1 is 1.03 bits per heavy atom. The van der Waals surface area contributed by atoms with E-state index in [9.17, 15) is 35.9 Å². The van der Waals surface area contributed by atoms with Crippen molar-refractivity contribution in [1.29, 1.82) is 0 Å². The first-order valence-electron chi connectivity index (χ1n) is 12.0. The van der Waals surface area contributed by atoms with Gasteiger partial charge in [-0.3, -0.25) is 4.79 Å². The average Bonchev–Trinajstić information content (AvgIpc) is 3.15. The van der Waals surface area contributed by atoms with Crippen LogP contribution in [0.4, 0.5) is 31.1 Å². The molecule has 0 radical (unpaired) electrons. The van der Waals surface area contributed by atoms with Crippen LogP contribution in [0, 0.1) is 0 Å². The zero-order chi connectivity index (χ0) is 29.3. The molecule has 0 bridgehead atoms. The molecule has 3 rings (SSSR count). The van der Waals surface area contributed by atoms with Gasteiger partial charge in [0.15, 0.2) is 5.78 Å². The summed E-state index contributed by atoms with van der Waals surface area (Å²) in [4.78, 5) is 25.2. The van der Waals surface area contributed by atoms with Gasteiger partial charge in [-0.25, -0.2) is 4.79 Å². The Hall–Kier alpha value is -3.21. The number of halogens is 7. The van der Waals surface area contributed by atoms with Crippen LogP contribution in [0.3, 0.4) is 0 Å². The number of benzene rings is 2. The van der Waals surface area contributed by atoms with E-state index < -0.39 is 53.3 Å². The highest BCUT2D eigenvalue weighted by molar-refractivity contribution is 6.32. The highest BCUT2D eigenvalue weighted by Gasteiger charge is 2.43. The summed E-state index contributed by atoms with van der Waals surface area (Å²) < 4.78 is 87.9. The number of alkyl carbamates (subject to hydrolysis) is 1. The number of alkyl halides is 6. The van der Waals surface area contributed by atoms with Crippen molar-refractivity contribution in [2.75, 3.05) is 0 Å². The van der Waals surface area contributed by atoms with Gasteiger partial charge >= 0.3 is 18.4 Å². The van der Waals surface area contributed by atoms with E-state index in [2.05, 4.69) is 5.32 Å². The number of Topliss-reactive ketones (excluding diaryl/α,β-unsaturated/α-hetero) is 1. The maximum Gasteiger partial charge on any atom is 0.416 e. The molecule has 12 heteroatoms. The lowest BCUT2D eigenvalue weighted by atomic mass is 9.91. The zero-order valence-corrected chi connectivity index (χ0v) is 22.3. The summed E-state index contributed by atoms with van der Waals surface area (Å²) in [6, 6.07) is 7.47. The van der Waals surface area contributed by atoms with Gasteiger partial charge in [0.25, 0.3) is 0 Å². The van der Waals surface area contributed by atoms with E-state index in [-0.39, 0.29) is 23.8 Å². The number of nitrogens with one attached hydrogen (secondary N) is 1. The number of ketones is 1.